The molecule has 0 atom stereocenters. The molecule has 0 fully saturated rings. The molecule has 2 aromatic rings. The van der Waals surface area contributed by atoms with Crippen LogP contribution in [0.1, 0.15) is 17.5 Å². The number of rotatable bonds is 3. The molecule has 0 spiro atoms. The largest absolute Gasteiger partial charge is 0.465 e. The molecular weight excluding hydrogens is 238 g/mol. The summed E-state index contributed by atoms with van der Waals surface area (Å²) >= 11 is 0. The normalized spacial score (nSPS) is 10.3. The third-order valence-electron chi connectivity index (χ3n) is 2.26. The maximum absolute atomic E-state index is 11.5. The minimum absolute atomic E-state index is 0.0477. The molecule has 0 bridgehead atoms. The predicted molar refractivity (Wildman–Crippen MR) is 63.8 cm³/mol. The number of anilines is 1. The maximum atomic E-state index is 11.5. The highest BCUT2D eigenvalue weighted by atomic mass is 16.5. The summed E-state index contributed by atoms with van der Waals surface area (Å²) in [5, 5.41) is 11.5. The Morgan fingerprint density at radius 3 is 2.89 bits per heavy atom. The Morgan fingerprint density at radius 1 is 1.44 bits per heavy atom. The second-order valence-corrected chi connectivity index (χ2v) is 3.49. The van der Waals surface area contributed by atoms with Crippen molar-refractivity contribution in [3.05, 3.63) is 30.0 Å². The second kappa shape index (κ2) is 4.79. The number of carbonyl (C=O) groups is 2. The Balaban J connectivity index is 2.44. The van der Waals surface area contributed by atoms with Crippen LogP contribution >= 0.6 is 0 Å². The first-order valence-corrected chi connectivity index (χ1v) is 5.31. The topological polar surface area (TPSA) is 88.8 Å². The smallest absolute Gasteiger partial charge is 0.409 e. The third-order valence-corrected chi connectivity index (χ3v) is 2.26. The summed E-state index contributed by atoms with van der Waals surface area (Å²) in [5.41, 5.74) is 0.596. The highest BCUT2D eigenvalue weighted by molar-refractivity contribution is 6.00. The monoisotopic (exact) mass is 249 g/mol. The number of ether oxygens (including phenoxy) is 1. The van der Waals surface area contributed by atoms with Crippen LogP contribution in [0.15, 0.2) is 28.7 Å². The SMILES string of the molecule is CCOC(=O)c1cc2cccc(NC(=O)O)c2o1. The molecule has 0 saturated carbocycles. The zero-order valence-electron chi connectivity index (χ0n) is 9.60. The van der Waals surface area contributed by atoms with Gasteiger partial charge >= 0.3 is 12.1 Å². The van der Waals surface area contributed by atoms with Gasteiger partial charge in [-0.15, -0.1) is 0 Å². The van der Waals surface area contributed by atoms with Crippen molar-refractivity contribution in [2.24, 2.45) is 0 Å². The minimum atomic E-state index is -1.20. The number of benzene rings is 1. The summed E-state index contributed by atoms with van der Waals surface area (Å²) in [5.74, 6) is -0.526. The Labute approximate surface area is 102 Å². The van der Waals surface area contributed by atoms with E-state index in [0.29, 0.717) is 11.0 Å². The van der Waals surface area contributed by atoms with Crippen LogP contribution in [0.2, 0.25) is 0 Å². The molecule has 1 heterocycles. The summed E-state index contributed by atoms with van der Waals surface area (Å²) < 4.78 is 10.1. The number of hydrogen-bond acceptors (Lipinski definition) is 4. The fourth-order valence-corrected chi connectivity index (χ4v) is 1.58. The Hall–Kier alpha value is -2.50. The second-order valence-electron chi connectivity index (χ2n) is 3.49. The van der Waals surface area contributed by atoms with Gasteiger partial charge in [-0.1, -0.05) is 12.1 Å². The van der Waals surface area contributed by atoms with Crippen LogP contribution in [0.4, 0.5) is 10.5 Å². The first kappa shape index (κ1) is 12.0. The molecule has 18 heavy (non-hydrogen) atoms. The van der Waals surface area contributed by atoms with Crippen LogP contribution in [-0.2, 0) is 4.74 Å². The number of fused-ring (bicyclic) bond motifs is 1. The standard InChI is InChI=1S/C12H11NO5/c1-2-17-11(14)9-6-7-4-3-5-8(10(7)18-9)13-12(15)16/h3-6,13H,2H2,1H3,(H,15,16). The van der Waals surface area contributed by atoms with Gasteiger partial charge in [0.15, 0.2) is 5.58 Å². The summed E-state index contributed by atoms with van der Waals surface area (Å²) in [6, 6.07) is 6.45. The molecule has 0 aliphatic rings. The molecule has 0 unspecified atom stereocenters. The van der Waals surface area contributed by atoms with Gasteiger partial charge in [0.2, 0.25) is 5.76 Å². The number of carbonyl (C=O) groups excluding carboxylic acids is 1. The number of hydrogen-bond donors (Lipinski definition) is 2. The molecule has 1 aromatic heterocycles. The Bertz CT molecular complexity index is 602. The van der Waals surface area contributed by atoms with Gasteiger partial charge in [0.1, 0.15) is 0 Å². The molecule has 0 radical (unpaired) electrons. The first-order valence-electron chi connectivity index (χ1n) is 5.31. The van der Waals surface area contributed by atoms with E-state index in [9.17, 15) is 9.59 Å². The van der Waals surface area contributed by atoms with E-state index in [1.54, 1.807) is 25.1 Å². The van der Waals surface area contributed by atoms with E-state index in [0.717, 1.165) is 0 Å². The van der Waals surface area contributed by atoms with Crippen LogP contribution in [0.3, 0.4) is 0 Å². The van der Waals surface area contributed by atoms with Gasteiger partial charge in [-0.2, -0.15) is 0 Å². The molecule has 1 amide bonds. The fraction of sp³-hybridized carbons (Fsp3) is 0.167. The van der Waals surface area contributed by atoms with Crippen molar-refractivity contribution < 1.29 is 23.8 Å². The molecule has 0 saturated heterocycles. The van der Waals surface area contributed by atoms with Crippen LogP contribution in [0.25, 0.3) is 11.0 Å². The van der Waals surface area contributed by atoms with E-state index < -0.39 is 12.1 Å². The van der Waals surface area contributed by atoms with Gasteiger partial charge in [-0.25, -0.2) is 9.59 Å². The van der Waals surface area contributed by atoms with Crippen molar-refractivity contribution in [3.63, 3.8) is 0 Å². The van der Waals surface area contributed by atoms with Gasteiger partial charge in [-0.3, -0.25) is 5.32 Å². The summed E-state index contributed by atoms with van der Waals surface area (Å²) in [7, 11) is 0. The number of esters is 1. The van der Waals surface area contributed by atoms with Crippen molar-refractivity contribution >= 4 is 28.7 Å². The Kier molecular flexibility index (Phi) is 3.18. The lowest BCUT2D eigenvalue weighted by atomic mass is 10.2. The molecule has 6 nitrogen and oxygen atoms in total. The Morgan fingerprint density at radius 2 is 2.22 bits per heavy atom. The first-order chi connectivity index (χ1) is 8.61. The zero-order chi connectivity index (χ0) is 13.1. The van der Waals surface area contributed by atoms with Crippen molar-refractivity contribution in [1.82, 2.24) is 0 Å². The van der Waals surface area contributed by atoms with Gasteiger partial charge < -0.3 is 14.3 Å². The molecular formula is C12H11NO5. The summed E-state index contributed by atoms with van der Waals surface area (Å²) in [6.45, 7) is 1.94. The molecule has 1 aromatic carbocycles. The zero-order valence-corrected chi connectivity index (χ0v) is 9.60. The molecule has 2 N–H and O–H groups in total. The lowest BCUT2D eigenvalue weighted by molar-refractivity contribution is 0.0492. The van der Waals surface area contributed by atoms with Crippen molar-refractivity contribution in [1.29, 1.82) is 0 Å². The summed E-state index contributed by atoms with van der Waals surface area (Å²) in [6.07, 6.45) is -1.20. The summed E-state index contributed by atoms with van der Waals surface area (Å²) in [4.78, 5) is 22.1. The number of furan rings is 1. The molecule has 6 heteroatoms. The highest BCUT2D eigenvalue weighted by Crippen LogP contribution is 2.27. The van der Waals surface area contributed by atoms with Crippen LogP contribution in [0, 0.1) is 0 Å². The van der Waals surface area contributed by atoms with E-state index in [1.165, 1.54) is 6.07 Å². The molecule has 0 aliphatic carbocycles. The minimum Gasteiger partial charge on any atom is -0.465 e. The van der Waals surface area contributed by atoms with Gasteiger partial charge in [0.05, 0.1) is 12.3 Å². The highest BCUT2D eigenvalue weighted by Gasteiger charge is 2.15. The molecule has 94 valence electrons. The van der Waals surface area contributed by atoms with Crippen molar-refractivity contribution in [3.8, 4) is 0 Å². The number of nitrogens with one attached hydrogen (secondary N) is 1. The van der Waals surface area contributed by atoms with Crippen molar-refractivity contribution in [2.75, 3.05) is 11.9 Å². The molecule has 2 rings (SSSR count). The van der Waals surface area contributed by atoms with Gasteiger partial charge in [-0.05, 0) is 19.1 Å². The van der Waals surface area contributed by atoms with E-state index in [1.807, 2.05) is 0 Å². The van der Waals surface area contributed by atoms with E-state index in [2.05, 4.69) is 5.32 Å². The quantitative estimate of drug-likeness (QED) is 0.816. The predicted octanol–water partition coefficient (Wildman–Crippen LogP) is 2.70. The van der Waals surface area contributed by atoms with Crippen LogP contribution in [0.5, 0.6) is 0 Å². The lowest BCUT2D eigenvalue weighted by Gasteiger charge is -2.00. The van der Waals surface area contributed by atoms with Gasteiger partial charge in [0.25, 0.3) is 0 Å². The average Bonchev–Trinajstić information content (AvgIpc) is 2.73. The van der Waals surface area contributed by atoms with Gasteiger partial charge in [0, 0.05) is 5.39 Å². The molecule has 0 aliphatic heterocycles. The maximum Gasteiger partial charge on any atom is 0.409 e. The van der Waals surface area contributed by atoms with Crippen LogP contribution in [-0.4, -0.2) is 23.8 Å². The third kappa shape index (κ3) is 2.27. The van der Waals surface area contributed by atoms with Crippen molar-refractivity contribution in [2.45, 2.75) is 6.92 Å². The lowest BCUT2D eigenvalue weighted by Crippen LogP contribution is -2.07. The van der Waals surface area contributed by atoms with E-state index >= 15 is 0 Å². The number of carboxylic acid groups (broad SMARTS) is 1. The van der Waals surface area contributed by atoms with E-state index in [-0.39, 0.29) is 18.1 Å². The van der Waals surface area contributed by atoms with Crippen LogP contribution < -0.4 is 5.32 Å². The number of para-hydroxylation sites is 1. The van der Waals surface area contributed by atoms with E-state index in [4.69, 9.17) is 14.3 Å². The number of amides is 1. The average molecular weight is 249 g/mol. The fourth-order valence-electron chi connectivity index (χ4n) is 1.58.